The van der Waals surface area contributed by atoms with Gasteiger partial charge in [0.05, 0.1) is 43.3 Å². The van der Waals surface area contributed by atoms with Crippen LogP contribution in [-0.2, 0) is 21.3 Å². The predicted molar refractivity (Wildman–Crippen MR) is 152 cm³/mol. The third-order valence-electron chi connectivity index (χ3n) is 9.67. The van der Waals surface area contributed by atoms with Gasteiger partial charge >= 0.3 is 5.97 Å². The summed E-state index contributed by atoms with van der Waals surface area (Å²) in [5.41, 5.74) is 3.06. The number of rotatable bonds is 5. The van der Waals surface area contributed by atoms with E-state index in [1.807, 2.05) is 18.2 Å². The van der Waals surface area contributed by atoms with E-state index in [9.17, 15) is 9.90 Å². The minimum Gasteiger partial charge on any atom is -0.490 e. The Hall–Kier alpha value is -2.54. The van der Waals surface area contributed by atoms with E-state index in [1.54, 1.807) is 12.1 Å². The van der Waals surface area contributed by atoms with Gasteiger partial charge in [0.25, 0.3) is 0 Å². The molecule has 1 spiro atoms. The van der Waals surface area contributed by atoms with Gasteiger partial charge in [-0.3, -0.25) is 0 Å². The van der Waals surface area contributed by atoms with Gasteiger partial charge in [-0.25, -0.2) is 4.79 Å². The Bertz CT molecular complexity index is 1270. The normalized spacial score (nSPS) is 31.8. The first-order chi connectivity index (χ1) is 18.8. The van der Waals surface area contributed by atoms with Gasteiger partial charge in [0, 0.05) is 36.4 Å². The summed E-state index contributed by atoms with van der Waals surface area (Å²) in [5.74, 6) is 1.24. The van der Waals surface area contributed by atoms with Crippen molar-refractivity contribution in [3.63, 3.8) is 0 Å². The molecule has 0 amide bonds. The molecule has 6 nitrogen and oxygen atoms in total. The third-order valence-corrected chi connectivity index (χ3v) is 9.90. The summed E-state index contributed by atoms with van der Waals surface area (Å²) in [5, 5.41) is 11.7. The first-order valence-corrected chi connectivity index (χ1v) is 14.6. The number of carbonyl (C=O) groups is 1. The van der Waals surface area contributed by atoms with Crippen LogP contribution in [0, 0.1) is 11.8 Å². The summed E-state index contributed by atoms with van der Waals surface area (Å²) in [7, 11) is 1.41. The largest absolute Gasteiger partial charge is 0.490 e. The number of aliphatic hydroxyl groups is 1. The van der Waals surface area contributed by atoms with E-state index in [0.29, 0.717) is 43.5 Å². The number of nitrogens with zero attached hydrogens (tertiary/aromatic N) is 1. The lowest BCUT2D eigenvalue weighted by atomic mass is 9.67. The van der Waals surface area contributed by atoms with E-state index >= 15 is 0 Å². The van der Waals surface area contributed by atoms with E-state index in [1.165, 1.54) is 18.2 Å². The molecule has 0 aromatic heterocycles. The summed E-state index contributed by atoms with van der Waals surface area (Å²) in [6.07, 6.45) is 8.24. The highest BCUT2D eigenvalue weighted by Crippen LogP contribution is 2.48. The molecule has 1 N–H and O–H groups in total. The van der Waals surface area contributed by atoms with Crippen molar-refractivity contribution in [2.45, 2.75) is 62.1 Å². The number of hydrogen-bond donors (Lipinski definition) is 1. The fourth-order valence-electron chi connectivity index (χ4n) is 7.31. The van der Waals surface area contributed by atoms with Crippen molar-refractivity contribution in [3.8, 4) is 5.75 Å². The number of fused-ring (bicyclic) bond motifs is 3. The molecule has 4 aliphatic rings. The van der Waals surface area contributed by atoms with Gasteiger partial charge < -0.3 is 24.2 Å². The molecule has 0 radical (unpaired) electrons. The fourth-order valence-corrected chi connectivity index (χ4v) is 7.50. The molecule has 6 rings (SSSR count). The molecule has 39 heavy (non-hydrogen) atoms. The average molecular weight is 552 g/mol. The maximum atomic E-state index is 12.5. The van der Waals surface area contributed by atoms with Crippen molar-refractivity contribution in [1.29, 1.82) is 0 Å². The molecule has 2 fully saturated rings. The van der Waals surface area contributed by atoms with Crippen LogP contribution in [0.1, 0.15) is 60.0 Å². The minimum atomic E-state index is -0.849. The van der Waals surface area contributed by atoms with Gasteiger partial charge in [-0.05, 0) is 85.4 Å². The number of anilines is 1. The molecule has 1 unspecified atom stereocenters. The zero-order valence-electron chi connectivity index (χ0n) is 22.7. The van der Waals surface area contributed by atoms with Crippen LogP contribution in [0.25, 0.3) is 0 Å². The first-order valence-electron chi connectivity index (χ1n) is 14.2. The number of benzene rings is 2. The number of methoxy groups -OCH3 is 1. The van der Waals surface area contributed by atoms with Gasteiger partial charge in [-0.1, -0.05) is 23.7 Å². The highest BCUT2D eigenvalue weighted by atomic mass is 35.5. The van der Waals surface area contributed by atoms with E-state index in [0.717, 1.165) is 61.7 Å². The molecule has 7 heteroatoms. The van der Waals surface area contributed by atoms with Crippen LogP contribution in [-0.4, -0.2) is 56.2 Å². The second-order valence-corrected chi connectivity index (χ2v) is 12.4. The molecule has 2 aliphatic heterocycles. The van der Waals surface area contributed by atoms with Gasteiger partial charge in [-0.15, -0.1) is 6.58 Å². The summed E-state index contributed by atoms with van der Waals surface area (Å²) < 4.78 is 17.8. The van der Waals surface area contributed by atoms with Crippen LogP contribution in [0.4, 0.5) is 5.69 Å². The second kappa shape index (κ2) is 10.5. The van der Waals surface area contributed by atoms with Crippen LogP contribution in [0.5, 0.6) is 5.75 Å². The topological polar surface area (TPSA) is 68.2 Å². The van der Waals surface area contributed by atoms with E-state index < -0.39 is 5.60 Å². The zero-order chi connectivity index (χ0) is 27.2. The van der Waals surface area contributed by atoms with Crippen molar-refractivity contribution in [2.75, 3.05) is 38.3 Å². The number of halogens is 1. The Balaban J connectivity index is 1.34. The lowest BCUT2D eigenvalue weighted by molar-refractivity contribution is -0.125. The van der Waals surface area contributed by atoms with E-state index in [2.05, 4.69) is 23.6 Å². The molecule has 2 aliphatic carbocycles. The standard InChI is InChI=1S/C32H38ClNO5/c1-3-32(36)13-14-38-29(17-32)25-9-6-23(25)18-34-19-31(12-4-5-21-15-24(33)8-10-26(21)31)20-39-28-11-7-22(16-27(28)34)30(35)37-2/h3,7-8,10-11,15-16,23,25,29,36H,1,4-6,9,12-14,17-20H2,2H3/t23-,25+,29-,31-,32?/m0/s1. The molecule has 1 saturated carbocycles. The number of hydrogen-bond acceptors (Lipinski definition) is 6. The number of esters is 1. The van der Waals surface area contributed by atoms with Crippen molar-refractivity contribution in [1.82, 2.24) is 0 Å². The van der Waals surface area contributed by atoms with Crippen LogP contribution in [0.15, 0.2) is 49.1 Å². The third kappa shape index (κ3) is 4.96. The van der Waals surface area contributed by atoms with Crippen molar-refractivity contribution in [3.05, 3.63) is 70.8 Å². The highest BCUT2D eigenvalue weighted by Gasteiger charge is 2.46. The van der Waals surface area contributed by atoms with Crippen LogP contribution in [0.2, 0.25) is 5.02 Å². The quantitative estimate of drug-likeness (QED) is 0.378. The number of ether oxygens (including phenoxy) is 3. The maximum Gasteiger partial charge on any atom is 0.337 e. The molecule has 1 saturated heterocycles. The SMILES string of the molecule is C=CC1(O)CCO[C@H]([C@@H]2CC[C@H]2CN2C[C@@]3(CCCc4cc(Cl)ccc43)COc3ccc(C(=O)OC)cc32)C1. The summed E-state index contributed by atoms with van der Waals surface area (Å²) in [6.45, 7) is 6.64. The van der Waals surface area contributed by atoms with Crippen LogP contribution >= 0.6 is 11.6 Å². The Labute approximate surface area is 235 Å². The molecular weight excluding hydrogens is 514 g/mol. The summed E-state index contributed by atoms with van der Waals surface area (Å²) >= 11 is 6.39. The van der Waals surface area contributed by atoms with Gasteiger partial charge in [-0.2, -0.15) is 0 Å². The minimum absolute atomic E-state index is 0.0242. The monoisotopic (exact) mass is 551 g/mol. The van der Waals surface area contributed by atoms with Crippen molar-refractivity contribution >= 4 is 23.3 Å². The Morgan fingerprint density at radius 3 is 2.90 bits per heavy atom. The Morgan fingerprint density at radius 1 is 1.26 bits per heavy atom. The van der Waals surface area contributed by atoms with Gasteiger partial charge in [0.2, 0.25) is 0 Å². The average Bonchev–Trinajstić information content (AvgIpc) is 3.07. The molecule has 2 aromatic carbocycles. The second-order valence-electron chi connectivity index (χ2n) is 12.0. The van der Waals surface area contributed by atoms with Crippen molar-refractivity contribution in [2.24, 2.45) is 11.8 Å². The summed E-state index contributed by atoms with van der Waals surface area (Å²) in [4.78, 5) is 14.9. The van der Waals surface area contributed by atoms with Crippen LogP contribution in [0.3, 0.4) is 0 Å². The molecule has 0 bridgehead atoms. The molecule has 2 heterocycles. The molecule has 2 aromatic rings. The van der Waals surface area contributed by atoms with E-state index in [-0.39, 0.29) is 17.5 Å². The van der Waals surface area contributed by atoms with Gasteiger partial charge in [0.1, 0.15) is 5.75 Å². The zero-order valence-corrected chi connectivity index (χ0v) is 23.4. The fraction of sp³-hybridized carbons (Fsp3) is 0.531. The first kappa shape index (κ1) is 26.7. The molecule has 208 valence electrons. The van der Waals surface area contributed by atoms with Gasteiger partial charge in [0.15, 0.2) is 0 Å². The maximum absolute atomic E-state index is 12.5. The number of carbonyl (C=O) groups excluding carboxylic acids is 1. The molecule has 5 atom stereocenters. The summed E-state index contributed by atoms with van der Waals surface area (Å²) in [6, 6.07) is 11.9. The smallest absolute Gasteiger partial charge is 0.337 e. The Morgan fingerprint density at radius 2 is 2.13 bits per heavy atom. The lowest BCUT2D eigenvalue weighted by Crippen LogP contribution is -2.52. The van der Waals surface area contributed by atoms with Crippen LogP contribution < -0.4 is 9.64 Å². The molecular formula is C32H38ClNO5. The van der Waals surface area contributed by atoms with E-state index in [4.69, 9.17) is 25.8 Å². The lowest BCUT2D eigenvalue weighted by Gasteiger charge is -2.48. The predicted octanol–water partition coefficient (Wildman–Crippen LogP) is 5.72. The highest BCUT2D eigenvalue weighted by molar-refractivity contribution is 6.30. The Kier molecular flexibility index (Phi) is 7.15. The number of aryl methyl sites for hydroxylation is 1. The van der Waals surface area contributed by atoms with Crippen molar-refractivity contribution < 1.29 is 24.1 Å².